The number of ether oxygens (including phenoxy) is 3. The molecule has 1 N–H and O–H groups in total. The lowest BCUT2D eigenvalue weighted by Crippen LogP contribution is -2.32. The third-order valence-corrected chi connectivity index (χ3v) is 5.86. The second-order valence-electron chi connectivity index (χ2n) is 7.07. The second kappa shape index (κ2) is 11.7. The first-order valence-corrected chi connectivity index (χ1v) is 11.2. The van der Waals surface area contributed by atoms with Crippen LogP contribution in [-0.4, -0.2) is 38.0 Å². The molecule has 164 valence electrons. The maximum absolute atomic E-state index is 12.6. The van der Waals surface area contributed by atoms with Gasteiger partial charge in [0.25, 0.3) is 0 Å². The Hall–Kier alpha value is -2.41. The Balaban J connectivity index is 1.80. The third-order valence-electron chi connectivity index (χ3n) is 4.76. The fourth-order valence-electron chi connectivity index (χ4n) is 3.32. The van der Waals surface area contributed by atoms with Crippen molar-refractivity contribution in [2.45, 2.75) is 45.4 Å². The number of nitrogens with one attached hydrogen (secondary N) is 1. The van der Waals surface area contributed by atoms with E-state index >= 15 is 0 Å². The van der Waals surface area contributed by atoms with Crippen molar-refractivity contribution < 1.29 is 23.8 Å². The van der Waals surface area contributed by atoms with Gasteiger partial charge < -0.3 is 19.5 Å². The molecule has 0 aromatic heterocycles. The Kier molecular flexibility index (Phi) is 9.30. The Labute approximate surface area is 183 Å². The lowest BCUT2D eigenvalue weighted by molar-refractivity contribution is -0.139. The molecule has 0 bridgehead atoms. The van der Waals surface area contributed by atoms with E-state index in [-0.39, 0.29) is 5.92 Å². The lowest BCUT2D eigenvalue weighted by atomic mass is 9.87. The maximum atomic E-state index is 12.6. The number of thioether (sulfide) groups is 1. The smallest absolute Gasteiger partial charge is 0.336 e. The molecule has 1 heterocycles. The first-order valence-electron chi connectivity index (χ1n) is 10.2. The molecule has 30 heavy (non-hydrogen) atoms. The van der Waals surface area contributed by atoms with Gasteiger partial charge in [-0.1, -0.05) is 13.8 Å². The average molecular weight is 434 g/mol. The molecule has 1 aromatic carbocycles. The fourth-order valence-corrected chi connectivity index (χ4v) is 4.15. The van der Waals surface area contributed by atoms with Crippen molar-refractivity contribution in [3.05, 3.63) is 46.8 Å². The van der Waals surface area contributed by atoms with E-state index in [4.69, 9.17) is 14.2 Å². The van der Waals surface area contributed by atoms with E-state index in [1.165, 1.54) is 7.11 Å². The van der Waals surface area contributed by atoms with Gasteiger partial charge in [0.2, 0.25) is 0 Å². The van der Waals surface area contributed by atoms with Crippen molar-refractivity contribution in [1.29, 1.82) is 0 Å². The van der Waals surface area contributed by atoms with E-state index in [9.17, 15) is 9.59 Å². The van der Waals surface area contributed by atoms with Crippen molar-refractivity contribution in [3.8, 4) is 5.75 Å². The lowest BCUT2D eigenvalue weighted by Gasteiger charge is -2.27. The molecule has 1 atom stereocenters. The minimum atomic E-state index is -0.437. The second-order valence-corrected chi connectivity index (χ2v) is 8.24. The number of esters is 2. The molecule has 1 unspecified atom stereocenters. The van der Waals surface area contributed by atoms with E-state index in [1.807, 2.05) is 38.1 Å². The zero-order valence-electron chi connectivity index (χ0n) is 18.4. The summed E-state index contributed by atoms with van der Waals surface area (Å²) >= 11 is 1.71. The highest BCUT2D eigenvalue weighted by molar-refractivity contribution is 7.99. The summed E-state index contributed by atoms with van der Waals surface area (Å²) in [5, 5.41) is 3.09. The number of hydrogen-bond acceptors (Lipinski definition) is 7. The molecular weight excluding hydrogens is 402 g/mol. The van der Waals surface area contributed by atoms with Crippen LogP contribution in [0.5, 0.6) is 5.75 Å². The number of allylic oxidation sites excluding steroid dienone is 2. The predicted molar refractivity (Wildman–Crippen MR) is 118 cm³/mol. The number of hydrogen-bond donors (Lipinski definition) is 1. The number of carbonyl (C=O) groups excluding carboxylic acids is 2. The summed E-state index contributed by atoms with van der Waals surface area (Å²) in [6, 6.07) is 8.01. The monoisotopic (exact) mass is 433 g/mol. The summed E-state index contributed by atoms with van der Waals surface area (Å²) in [4.78, 5) is 25.8. The van der Waals surface area contributed by atoms with Gasteiger partial charge in [-0.2, -0.15) is 0 Å². The molecule has 2 rings (SSSR count). The van der Waals surface area contributed by atoms with Crippen LogP contribution in [0.2, 0.25) is 0 Å². The van der Waals surface area contributed by atoms with Gasteiger partial charge in [0.1, 0.15) is 5.75 Å². The van der Waals surface area contributed by atoms with Gasteiger partial charge in [-0.3, -0.25) is 0 Å². The highest BCUT2D eigenvalue weighted by atomic mass is 32.2. The quantitative estimate of drug-likeness (QED) is 0.332. The van der Waals surface area contributed by atoms with E-state index in [2.05, 4.69) is 12.2 Å². The van der Waals surface area contributed by atoms with Gasteiger partial charge in [0.15, 0.2) is 0 Å². The van der Waals surface area contributed by atoms with Gasteiger partial charge in [-0.05, 0) is 51.0 Å². The van der Waals surface area contributed by atoms with Crippen LogP contribution >= 0.6 is 11.8 Å². The topological polar surface area (TPSA) is 73.9 Å². The molecule has 0 fully saturated rings. The molecule has 0 saturated heterocycles. The Morgan fingerprint density at radius 2 is 1.67 bits per heavy atom. The van der Waals surface area contributed by atoms with Crippen molar-refractivity contribution in [2.75, 3.05) is 26.1 Å². The first kappa shape index (κ1) is 23.9. The van der Waals surface area contributed by atoms with Crippen LogP contribution in [0.1, 0.15) is 40.5 Å². The van der Waals surface area contributed by atoms with Crippen LogP contribution in [0.15, 0.2) is 51.7 Å². The standard InChI is InChI=1S/C23H31NO5S/c1-6-12-28-18-8-10-19(11-9-18)30-14-7-13-29-23(26)21-15(2)20(22(25)27-5)16(3)24-17(21)4/h8-11,15,24H,6-7,12-14H2,1-5H3. The highest BCUT2D eigenvalue weighted by Gasteiger charge is 2.33. The minimum Gasteiger partial charge on any atom is -0.494 e. The van der Waals surface area contributed by atoms with Gasteiger partial charge >= 0.3 is 11.9 Å². The molecule has 6 nitrogen and oxygen atoms in total. The van der Waals surface area contributed by atoms with Crippen molar-refractivity contribution in [2.24, 2.45) is 5.92 Å². The van der Waals surface area contributed by atoms with Crippen LogP contribution in [0.3, 0.4) is 0 Å². The number of benzene rings is 1. The number of rotatable bonds is 10. The molecule has 0 saturated carbocycles. The number of carbonyl (C=O) groups is 2. The van der Waals surface area contributed by atoms with Crippen molar-refractivity contribution in [1.82, 2.24) is 5.32 Å². The number of methoxy groups -OCH3 is 1. The maximum Gasteiger partial charge on any atom is 0.336 e. The van der Waals surface area contributed by atoms with Gasteiger partial charge in [-0.25, -0.2) is 9.59 Å². The molecule has 1 aliphatic rings. The van der Waals surface area contributed by atoms with Crippen LogP contribution in [0.25, 0.3) is 0 Å². The minimum absolute atomic E-state index is 0.323. The van der Waals surface area contributed by atoms with E-state index < -0.39 is 11.9 Å². The van der Waals surface area contributed by atoms with Crippen molar-refractivity contribution in [3.63, 3.8) is 0 Å². The summed E-state index contributed by atoms with van der Waals surface area (Å²) < 4.78 is 15.9. The number of dihydropyridines is 1. The molecule has 1 aromatic rings. The molecule has 7 heteroatoms. The third kappa shape index (κ3) is 6.29. The zero-order valence-corrected chi connectivity index (χ0v) is 19.2. The molecule has 1 aliphatic heterocycles. The van der Waals surface area contributed by atoms with Crippen LogP contribution in [0.4, 0.5) is 0 Å². The van der Waals surface area contributed by atoms with Crippen LogP contribution in [0, 0.1) is 5.92 Å². The Bertz CT molecular complexity index is 813. The van der Waals surface area contributed by atoms with Gasteiger partial charge in [-0.15, -0.1) is 11.8 Å². The summed E-state index contributed by atoms with van der Waals surface area (Å²) in [6.07, 6.45) is 1.72. The summed E-state index contributed by atoms with van der Waals surface area (Å²) in [7, 11) is 1.34. The highest BCUT2D eigenvalue weighted by Crippen LogP contribution is 2.30. The molecular formula is C23H31NO5S. The molecule has 0 radical (unpaired) electrons. The molecule has 0 aliphatic carbocycles. The normalized spacial score (nSPS) is 16.2. The van der Waals surface area contributed by atoms with Gasteiger partial charge in [0.05, 0.1) is 31.5 Å². The largest absolute Gasteiger partial charge is 0.494 e. The Morgan fingerprint density at radius 3 is 2.27 bits per heavy atom. The zero-order chi connectivity index (χ0) is 22.1. The molecule has 0 amide bonds. The summed E-state index contributed by atoms with van der Waals surface area (Å²) in [5.41, 5.74) is 2.33. The fraction of sp³-hybridized carbons (Fsp3) is 0.478. The van der Waals surface area contributed by atoms with E-state index in [0.29, 0.717) is 29.1 Å². The SMILES string of the molecule is CCCOc1ccc(SCCCOC(=O)C2=C(C)NC(C)=C(C(=O)OC)C2C)cc1. The summed E-state index contributed by atoms with van der Waals surface area (Å²) in [5.74, 6) is 0.496. The predicted octanol–water partition coefficient (Wildman–Crippen LogP) is 4.46. The van der Waals surface area contributed by atoms with Gasteiger partial charge in [0, 0.05) is 28.0 Å². The first-order chi connectivity index (χ1) is 14.4. The average Bonchev–Trinajstić information content (AvgIpc) is 2.72. The summed E-state index contributed by atoms with van der Waals surface area (Å²) in [6.45, 7) is 8.56. The van der Waals surface area contributed by atoms with E-state index in [0.717, 1.165) is 35.8 Å². The molecule has 0 spiro atoms. The van der Waals surface area contributed by atoms with E-state index in [1.54, 1.807) is 18.7 Å². The Morgan fingerprint density at radius 1 is 1.03 bits per heavy atom. The van der Waals surface area contributed by atoms with Crippen molar-refractivity contribution >= 4 is 23.7 Å². The van der Waals surface area contributed by atoms with Crippen LogP contribution in [-0.2, 0) is 19.1 Å². The van der Waals surface area contributed by atoms with Crippen LogP contribution < -0.4 is 10.1 Å².